The number of anilines is 1. The van der Waals surface area contributed by atoms with E-state index in [0.29, 0.717) is 38.6 Å². The summed E-state index contributed by atoms with van der Waals surface area (Å²) >= 11 is 0. The van der Waals surface area contributed by atoms with Crippen molar-refractivity contribution in [1.82, 2.24) is 14.7 Å². The zero-order valence-corrected chi connectivity index (χ0v) is 26.4. The van der Waals surface area contributed by atoms with E-state index in [4.69, 9.17) is 14.2 Å². The first-order valence-electron chi connectivity index (χ1n) is 15.4. The number of benzene rings is 2. The molecule has 0 bridgehead atoms. The van der Waals surface area contributed by atoms with E-state index in [1.807, 2.05) is 64.4 Å². The number of piperidine rings is 1. The molecule has 0 aromatic heterocycles. The lowest BCUT2D eigenvalue weighted by molar-refractivity contribution is -0.118. The number of urea groups is 1. The molecule has 10 heteroatoms. The van der Waals surface area contributed by atoms with Crippen LogP contribution < -0.4 is 5.32 Å². The maximum Gasteiger partial charge on any atom is 0.320 e. The number of morpholine rings is 1. The lowest BCUT2D eigenvalue weighted by Gasteiger charge is -2.39. The summed E-state index contributed by atoms with van der Waals surface area (Å²) in [5.41, 5.74) is 2.95. The molecule has 1 N–H and O–H groups in total. The maximum absolute atomic E-state index is 12.9. The van der Waals surface area contributed by atoms with Gasteiger partial charge in [0.2, 0.25) is 12.0 Å². The van der Waals surface area contributed by atoms with Crippen LogP contribution in [0.3, 0.4) is 0 Å². The van der Waals surface area contributed by atoms with E-state index in [2.05, 4.69) is 29.8 Å². The van der Waals surface area contributed by atoms with Crippen molar-refractivity contribution in [2.24, 2.45) is 5.92 Å². The standard InChI is InChI=1S/C34H44N4O5.ClH/c1-3-14-38(24-28-12-15-36(16-13-28)34(40)37-17-19-41-20-18-37)26(2)21-29-10-7-11-30(22-29)35-33(39)31-25-42-32(43-31)23-27-8-5-4-6-9-27;/h3-11,22,25-26,28,32H,1,12-21,23-24H2,2H3,(H,35,39);1H. The second-order valence-corrected chi connectivity index (χ2v) is 11.6. The van der Waals surface area contributed by atoms with E-state index >= 15 is 0 Å². The number of nitrogens with one attached hydrogen (secondary N) is 1. The maximum atomic E-state index is 12.9. The van der Waals surface area contributed by atoms with Gasteiger partial charge in [-0.05, 0) is 55.4 Å². The molecule has 3 amide bonds. The molecule has 238 valence electrons. The molecule has 2 saturated heterocycles. The first-order valence-corrected chi connectivity index (χ1v) is 15.4. The second kappa shape index (κ2) is 16.5. The largest absolute Gasteiger partial charge is 0.458 e. The number of nitrogens with zero attached hydrogens (tertiary/aromatic N) is 3. The van der Waals surface area contributed by atoms with Gasteiger partial charge >= 0.3 is 6.03 Å². The van der Waals surface area contributed by atoms with Crippen molar-refractivity contribution in [2.75, 3.05) is 57.8 Å². The van der Waals surface area contributed by atoms with Crippen molar-refractivity contribution in [2.45, 2.75) is 44.9 Å². The number of hydrogen-bond acceptors (Lipinski definition) is 6. The fraction of sp³-hybridized carbons (Fsp3) is 0.471. The van der Waals surface area contributed by atoms with Gasteiger partial charge in [0.25, 0.3) is 5.91 Å². The van der Waals surface area contributed by atoms with Crippen molar-refractivity contribution < 1.29 is 23.8 Å². The summed E-state index contributed by atoms with van der Waals surface area (Å²) in [6.45, 7) is 12.2. The van der Waals surface area contributed by atoms with Crippen LogP contribution in [-0.4, -0.2) is 91.5 Å². The van der Waals surface area contributed by atoms with E-state index in [1.165, 1.54) is 6.26 Å². The van der Waals surface area contributed by atoms with Gasteiger partial charge in [0.15, 0.2) is 0 Å². The monoisotopic (exact) mass is 624 g/mol. The van der Waals surface area contributed by atoms with Crippen molar-refractivity contribution in [3.8, 4) is 0 Å². The molecule has 3 heterocycles. The number of ether oxygens (including phenoxy) is 3. The molecule has 2 unspecified atom stereocenters. The van der Waals surface area contributed by atoms with Crippen LogP contribution in [0.2, 0.25) is 0 Å². The highest BCUT2D eigenvalue weighted by Crippen LogP contribution is 2.24. The molecular formula is C34H45ClN4O5. The predicted octanol–water partition coefficient (Wildman–Crippen LogP) is 5.09. The Bertz CT molecular complexity index is 1260. The molecule has 9 nitrogen and oxygen atoms in total. The second-order valence-electron chi connectivity index (χ2n) is 11.6. The number of amides is 3. The molecule has 3 aliphatic heterocycles. The Morgan fingerprint density at radius 1 is 1.02 bits per heavy atom. The quantitative estimate of drug-likeness (QED) is 0.351. The Morgan fingerprint density at radius 2 is 1.73 bits per heavy atom. The Hall–Kier alpha value is -3.53. The normalized spacial score (nSPS) is 19.3. The lowest BCUT2D eigenvalue weighted by atomic mass is 9.95. The number of carbonyl (C=O) groups excluding carboxylic acids is 2. The number of carbonyl (C=O) groups is 2. The Kier molecular flexibility index (Phi) is 12.5. The molecule has 2 aromatic rings. The Labute approximate surface area is 267 Å². The first-order chi connectivity index (χ1) is 21.0. The fourth-order valence-corrected chi connectivity index (χ4v) is 5.97. The van der Waals surface area contributed by atoms with Crippen molar-refractivity contribution in [3.63, 3.8) is 0 Å². The molecule has 0 saturated carbocycles. The van der Waals surface area contributed by atoms with Crippen LogP contribution in [0.25, 0.3) is 0 Å². The highest BCUT2D eigenvalue weighted by atomic mass is 35.5. The van der Waals surface area contributed by atoms with Gasteiger partial charge in [0, 0.05) is 57.4 Å². The van der Waals surface area contributed by atoms with E-state index in [1.54, 1.807) is 0 Å². The predicted molar refractivity (Wildman–Crippen MR) is 174 cm³/mol. The molecule has 5 rings (SSSR count). The van der Waals surface area contributed by atoms with Crippen LogP contribution in [0, 0.1) is 5.92 Å². The van der Waals surface area contributed by atoms with E-state index in [9.17, 15) is 9.59 Å². The summed E-state index contributed by atoms with van der Waals surface area (Å²) in [5.74, 6) is 0.386. The Morgan fingerprint density at radius 3 is 2.45 bits per heavy atom. The molecular weight excluding hydrogens is 580 g/mol. The Balaban J connectivity index is 0.00000442. The third kappa shape index (κ3) is 9.24. The summed E-state index contributed by atoms with van der Waals surface area (Å²) in [6.07, 6.45) is 6.26. The minimum Gasteiger partial charge on any atom is -0.458 e. The van der Waals surface area contributed by atoms with E-state index in [-0.39, 0.29) is 36.1 Å². The smallest absolute Gasteiger partial charge is 0.320 e. The minimum atomic E-state index is -0.510. The van der Waals surface area contributed by atoms with Crippen molar-refractivity contribution in [1.29, 1.82) is 0 Å². The highest BCUT2D eigenvalue weighted by molar-refractivity contribution is 6.02. The van der Waals surface area contributed by atoms with E-state index < -0.39 is 6.29 Å². The van der Waals surface area contributed by atoms with Gasteiger partial charge < -0.3 is 29.3 Å². The zero-order valence-electron chi connectivity index (χ0n) is 25.6. The summed E-state index contributed by atoms with van der Waals surface area (Å²) < 4.78 is 16.7. The van der Waals surface area contributed by atoms with Crippen LogP contribution in [0.4, 0.5) is 10.5 Å². The highest BCUT2D eigenvalue weighted by Gasteiger charge is 2.29. The van der Waals surface area contributed by atoms with Crippen LogP contribution in [0.5, 0.6) is 0 Å². The SMILES string of the molecule is C=CCN(CC1CCN(C(=O)N2CCOCC2)CC1)C(C)Cc1cccc(NC(=O)C2=COC(Cc3ccccc3)O2)c1.Cl. The third-order valence-corrected chi connectivity index (χ3v) is 8.42. The summed E-state index contributed by atoms with van der Waals surface area (Å²) in [7, 11) is 0. The van der Waals surface area contributed by atoms with Gasteiger partial charge in [-0.2, -0.15) is 0 Å². The van der Waals surface area contributed by atoms with Gasteiger partial charge in [-0.3, -0.25) is 9.69 Å². The summed E-state index contributed by atoms with van der Waals surface area (Å²) in [4.78, 5) is 32.2. The van der Waals surface area contributed by atoms with Gasteiger partial charge in [0.05, 0.1) is 13.2 Å². The molecule has 2 aromatic carbocycles. The molecule has 0 spiro atoms. The summed E-state index contributed by atoms with van der Waals surface area (Å²) in [5, 5.41) is 2.95. The average molecular weight is 625 g/mol. The first kappa shape index (κ1) is 33.4. The van der Waals surface area contributed by atoms with Gasteiger partial charge in [-0.25, -0.2) is 4.79 Å². The zero-order chi connectivity index (χ0) is 30.0. The number of rotatable bonds is 11. The average Bonchev–Trinajstić information content (AvgIpc) is 3.50. The molecule has 0 radical (unpaired) electrons. The minimum absolute atomic E-state index is 0. The van der Waals surface area contributed by atoms with Gasteiger partial charge in [-0.15, -0.1) is 19.0 Å². The van der Waals surface area contributed by atoms with Crippen molar-refractivity contribution in [3.05, 3.63) is 90.4 Å². The van der Waals surface area contributed by atoms with E-state index in [0.717, 1.165) is 62.3 Å². The van der Waals surface area contributed by atoms with Crippen LogP contribution in [0.1, 0.15) is 30.9 Å². The number of halogens is 1. The molecule has 2 atom stereocenters. The van der Waals surface area contributed by atoms with Gasteiger partial charge in [0.1, 0.15) is 6.26 Å². The number of hydrogen-bond donors (Lipinski definition) is 1. The van der Waals surface area contributed by atoms with Crippen LogP contribution in [-0.2, 0) is 31.8 Å². The molecule has 44 heavy (non-hydrogen) atoms. The van der Waals surface area contributed by atoms with Crippen molar-refractivity contribution >= 4 is 30.0 Å². The molecule has 0 aliphatic carbocycles. The summed E-state index contributed by atoms with van der Waals surface area (Å²) in [6, 6.07) is 18.3. The molecule has 2 fully saturated rings. The lowest BCUT2D eigenvalue weighted by Crippen LogP contribution is -2.51. The van der Waals surface area contributed by atoms with Gasteiger partial charge in [-0.1, -0.05) is 48.5 Å². The van der Waals surface area contributed by atoms with Crippen LogP contribution >= 0.6 is 12.4 Å². The van der Waals surface area contributed by atoms with Crippen LogP contribution in [0.15, 0.2) is 79.3 Å². The third-order valence-electron chi connectivity index (χ3n) is 8.42. The fourth-order valence-electron chi connectivity index (χ4n) is 5.97. The number of likely N-dealkylation sites (tertiary alicyclic amines) is 1. The topological polar surface area (TPSA) is 83.6 Å². The molecule has 3 aliphatic rings.